The Morgan fingerprint density at radius 1 is 0.897 bits per heavy atom. The van der Waals surface area contributed by atoms with Gasteiger partial charge in [0.2, 0.25) is 0 Å². The first-order chi connectivity index (χ1) is 13.8. The smallest absolute Gasteiger partial charge is 0.0865 e. The summed E-state index contributed by atoms with van der Waals surface area (Å²) in [5.74, 6) is 0. The van der Waals surface area contributed by atoms with Crippen molar-refractivity contribution in [1.29, 1.82) is 0 Å². The third kappa shape index (κ3) is 4.98. The lowest BCUT2D eigenvalue weighted by Gasteiger charge is -2.22. The maximum atomic E-state index is 10.3. The molecule has 0 spiro atoms. The molecule has 0 bridgehead atoms. The Kier molecular flexibility index (Phi) is 6.95. The molecule has 0 saturated carbocycles. The third-order valence-electron chi connectivity index (χ3n) is 5.22. The summed E-state index contributed by atoms with van der Waals surface area (Å²) in [6.45, 7) is 8.06. The number of allylic oxidation sites excluding steroid dienone is 4. The predicted molar refractivity (Wildman–Crippen MR) is 131 cm³/mol. The molecule has 4 heteroatoms. The van der Waals surface area contributed by atoms with Gasteiger partial charge in [-0.2, -0.15) is 0 Å². The van der Waals surface area contributed by atoms with Gasteiger partial charge in [-0.15, -0.1) is 0 Å². The Hall–Kier alpha value is -1.93. The maximum absolute atomic E-state index is 10.3. The second-order valence-corrected chi connectivity index (χ2v) is 16.0. The van der Waals surface area contributed by atoms with Crippen molar-refractivity contribution in [2.24, 2.45) is 0 Å². The van der Waals surface area contributed by atoms with Gasteiger partial charge < -0.3 is 10.0 Å². The first-order valence-corrected chi connectivity index (χ1v) is 15.0. The number of aliphatic hydroxyl groups excluding tert-OH is 1. The van der Waals surface area contributed by atoms with Crippen molar-refractivity contribution in [3.63, 3.8) is 0 Å². The number of nitrogens with zero attached hydrogens (tertiary/aromatic N) is 1. The Bertz CT molecular complexity index is 885. The van der Waals surface area contributed by atoms with Crippen molar-refractivity contribution in [3.8, 4) is 0 Å². The average molecular weight is 422 g/mol. The van der Waals surface area contributed by atoms with Gasteiger partial charge >= 0.3 is 0 Å². The number of aliphatic hydroxyl groups is 1. The molecule has 2 nitrogen and oxygen atoms in total. The van der Waals surface area contributed by atoms with E-state index in [0.717, 1.165) is 18.5 Å². The Balaban J connectivity index is 2.22. The van der Waals surface area contributed by atoms with Gasteiger partial charge in [0.25, 0.3) is 0 Å². The van der Waals surface area contributed by atoms with Gasteiger partial charge in [-0.05, 0) is 55.1 Å². The zero-order chi connectivity index (χ0) is 21.0. The lowest BCUT2D eigenvalue weighted by Crippen LogP contribution is -2.25. The molecule has 0 radical (unpaired) electrons. The van der Waals surface area contributed by atoms with Crippen LogP contribution in [0.1, 0.15) is 6.42 Å². The summed E-state index contributed by atoms with van der Waals surface area (Å²) >= 11 is 0. The molecule has 0 aromatic heterocycles. The minimum absolute atomic E-state index is 0.673. The van der Waals surface area contributed by atoms with Crippen molar-refractivity contribution >= 4 is 26.6 Å². The second kappa shape index (κ2) is 9.26. The Morgan fingerprint density at radius 2 is 1.41 bits per heavy atom. The average Bonchev–Trinajstić information content (AvgIpc) is 3.07. The lowest BCUT2D eigenvalue weighted by atomic mass is 10.1. The number of hydrogen-bond acceptors (Lipinski definition) is 2. The first kappa shape index (κ1) is 21.8. The standard InChI is InChI=1S/C25H32NOPSi/c1-26(2)17-16-22-23(19-27)25(29(3,4)5)18-24(22)28(20-12-8-6-9-13-20)21-14-10-7-11-15-21/h6-15,18-19,27H,16-17H2,1-5H3. The van der Waals surface area contributed by atoms with Gasteiger partial charge in [0.15, 0.2) is 0 Å². The number of rotatable bonds is 7. The van der Waals surface area contributed by atoms with E-state index in [1.807, 2.05) is 0 Å². The molecule has 1 aliphatic rings. The molecule has 0 heterocycles. The molecule has 29 heavy (non-hydrogen) atoms. The molecule has 1 N–H and O–H groups in total. The van der Waals surface area contributed by atoms with Gasteiger partial charge in [0.05, 0.1) is 14.3 Å². The summed E-state index contributed by atoms with van der Waals surface area (Å²) in [5.41, 5.74) is 2.39. The minimum Gasteiger partial charge on any atom is -0.515 e. The van der Waals surface area contributed by atoms with Crippen LogP contribution in [0.5, 0.6) is 0 Å². The lowest BCUT2D eigenvalue weighted by molar-refractivity contribution is 0.413. The van der Waals surface area contributed by atoms with Gasteiger partial charge in [-0.25, -0.2) is 0 Å². The van der Waals surface area contributed by atoms with Crippen LogP contribution in [0.4, 0.5) is 0 Å². The van der Waals surface area contributed by atoms with Crippen molar-refractivity contribution in [2.45, 2.75) is 26.1 Å². The molecular formula is C25H32NOPSi. The van der Waals surface area contributed by atoms with Gasteiger partial charge in [0.1, 0.15) is 0 Å². The van der Waals surface area contributed by atoms with E-state index in [2.05, 4.69) is 105 Å². The van der Waals surface area contributed by atoms with E-state index in [-0.39, 0.29) is 0 Å². The number of hydrogen-bond donors (Lipinski definition) is 1. The summed E-state index contributed by atoms with van der Waals surface area (Å²) in [7, 11) is 1.94. The molecular weight excluding hydrogens is 389 g/mol. The molecule has 152 valence electrons. The highest BCUT2D eigenvalue weighted by Crippen LogP contribution is 2.53. The van der Waals surface area contributed by atoms with Gasteiger partial charge in [0, 0.05) is 12.1 Å². The number of benzene rings is 2. The highest BCUT2D eigenvalue weighted by Gasteiger charge is 2.34. The van der Waals surface area contributed by atoms with Gasteiger partial charge in [-0.3, -0.25) is 0 Å². The van der Waals surface area contributed by atoms with Crippen molar-refractivity contribution in [2.75, 3.05) is 20.6 Å². The fraction of sp³-hybridized carbons (Fsp3) is 0.280. The fourth-order valence-corrected chi connectivity index (χ4v) is 8.03. The van der Waals surface area contributed by atoms with Crippen molar-refractivity contribution in [1.82, 2.24) is 4.90 Å². The largest absolute Gasteiger partial charge is 0.515 e. The van der Waals surface area contributed by atoms with E-state index in [1.165, 1.54) is 33.0 Å². The van der Waals surface area contributed by atoms with Crippen LogP contribution in [0.15, 0.2) is 94.7 Å². The zero-order valence-electron chi connectivity index (χ0n) is 18.2. The monoisotopic (exact) mass is 421 g/mol. The first-order valence-electron chi connectivity index (χ1n) is 10.2. The maximum Gasteiger partial charge on any atom is 0.0865 e. The predicted octanol–water partition coefficient (Wildman–Crippen LogP) is 5.58. The highest BCUT2D eigenvalue weighted by molar-refractivity contribution is 7.77. The van der Waals surface area contributed by atoms with Crippen LogP contribution in [-0.4, -0.2) is 38.7 Å². The molecule has 3 rings (SSSR count). The fourth-order valence-electron chi connectivity index (χ4n) is 3.75. The van der Waals surface area contributed by atoms with Crippen molar-refractivity contribution in [3.05, 3.63) is 94.7 Å². The van der Waals surface area contributed by atoms with Crippen molar-refractivity contribution < 1.29 is 5.11 Å². The molecule has 0 amide bonds. The molecule has 2 aromatic carbocycles. The molecule has 2 aromatic rings. The summed E-state index contributed by atoms with van der Waals surface area (Å²) in [5, 5.41) is 15.7. The minimum atomic E-state index is -1.61. The van der Waals surface area contributed by atoms with E-state index in [9.17, 15) is 5.11 Å². The second-order valence-electron chi connectivity index (χ2n) is 8.77. The summed E-state index contributed by atoms with van der Waals surface area (Å²) in [6, 6.07) is 21.7. The van der Waals surface area contributed by atoms with Crippen LogP contribution >= 0.6 is 7.92 Å². The Labute approximate surface area is 178 Å². The summed E-state index contributed by atoms with van der Waals surface area (Å²) in [6.07, 6.45) is 4.73. The summed E-state index contributed by atoms with van der Waals surface area (Å²) < 4.78 is 0. The zero-order valence-corrected chi connectivity index (χ0v) is 20.1. The molecule has 0 unspecified atom stereocenters. The quantitative estimate of drug-likeness (QED) is 0.358. The Morgan fingerprint density at radius 3 is 1.83 bits per heavy atom. The van der Waals surface area contributed by atoms with E-state index < -0.39 is 16.0 Å². The molecule has 0 atom stereocenters. The van der Waals surface area contributed by atoms with Crippen LogP contribution in [0.25, 0.3) is 0 Å². The van der Waals surface area contributed by atoms with E-state index >= 15 is 0 Å². The van der Waals surface area contributed by atoms with Crippen LogP contribution in [0, 0.1) is 0 Å². The molecule has 0 aliphatic heterocycles. The summed E-state index contributed by atoms with van der Waals surface area (Å²) in [4.78, 5) is 2.22. The van der Waals surface area contributed by atoms with E-state index in [1.54, 1.807) is 0 Å². The third-order valence-corrected chi connectivity index (χ3v) is 9.76. The van der Waals surface area contributed by atoms with Crippen LogP contribution in [0.3, 0.4) is 0 Å². The molecule has 0 saturated heterocycles. The van der Waals surface area contributed by atoms with Crippen LogP contribution in [0.2, 0.25) is 19.6 Å². The normalized spacial score (nSPS) is 16.2. The van der Waals surface area contributed by atoms with Crippen LogP contribution in [-0.2, 0) is 0 Å². The molecule has 1 aliphatic carbocycles. The van der Waals surface area contributed by atoms with Crippen LogP contribution < -0.4 is 10.6 Å². The topological polar surface area (TPSA) is 23.5 Å². The van der Waals surface area contributed by atoms with E-state index in [4.69, 9.17) is 0 Å². The van der Waals surface area contributed by atoms with Gasteiger partial charge in [-0.1, -0.05) is 86.4 Å². The SMILES string of the molecule is CN(C)CCC1=C(P(c2ccccc2)c2ccccc2)C=C([Si](C)(C)C)C1=CO. The van der Waals surface area contributed by atoms with E-state index in [0.29, 0.717) is 0 Å². The molecule has 0 fully saturated rings. The highest BCUT2D eigenvalue weighted by atomic mass is 31.1.